The summed E-state index contributed by atoms with van der Waals surface area (Å²) in [5.41, 5.74) is 8.59. The van der Waals surface area contributed by atoms with E-state index in [9.17, 15) is 4.21 Å². The molecule has 0 aliphatic carbocycles. The molecule has 0 fully saturated rings. The predicted octanol–water partition coefficient (Wildman–Crippen LogP) is 3.48. The number of rotatable bonds is 4. The maximum atomic E-state index is 12.0. The molecule has 2 nitrogen and oxygen atoms in total. The van der Waals surface area contributed by atoms with Crippen LogP contribution >= 0.6 is 15.9 Å². The summed E-state index contributed by atoms with van der Waals surface area (Å²) in [7, 11) is -0.908. The van der Waals surface area contributed by atoms with Crippen LogP contribution in [0.4, 0.5) is 5.69 Å². The fraction of sp³-hybridized carbons (Fsp3) is 0.143. The lowest BCUT2D eigenvalue weighted by Crippen LogP contribution is -2.00. The normalized spacial score (nSPS) is 12.3. The van der Waals surface area contributed by atoms with E-state index in [2.05, 4.69) is 15.9 Å². The van der Waals surface area contributed by atoms with Crippen molar-refractivity contribution < 1.29 is 4.21 Å². The number of anilines is 1. The second-order valence-corrected chi connectivity index (χ2v) is 6.38. The molecule has 94 valence electrons. The number of nitrogen functional groups attached to an aromatic ring is 1. The minimum absolute atomic E-state index is 0.534. The van der Waals surface area contributed by atoms with E-state index < -0.39 is 10.8 Å². The van der Waals surface area contributed by atoms with Gasteiger partial charge in [0.05, 0.1) is 0 Å². The van der Waals surface area contributed by atoms with Gasteiger partial charge in [0.2, 0.25) is 0 Å². The second kappa shape index (κ2) is 6.16. The van der Waals surface area contributed by atoms with Crippen molar-refractivity contribution in [1.29, 1.82) is 0 Å². The van der Waals surface area contributed by atoms with E-state index in [1.807, 2.05) is 48.5 Å². The molecule has 0 heterocycles. The lowest BCUT2D eigenvalue weighted by molar-refractivity contribution is 0.682. The Kier molecular flexibility index (Phi) is 4.55. The average Bonchev–Trinajstić information content (AvgIpc) is 2.35. The zero-order valence-electron chi connectivity index (χ0n) is 9.80. The number of hydrogen-bond donors (Lipinski definition) is 1. The Hall–Kier alpha value is -1.13. The highest BCUT2D eigenvalue weighted by molar-refractivity contribution is 9.10. The molecule has 2 aromatic rings. The minimum atomic E-state index is -0.908. The van der Waals surface area contributed by atoms with Gasteiger partial charge in [0, 0.05) is 32.5 Å². The molecule has 0 aliphatic heterocycles. The Morgan fingerprint density at radius 3 is 2.33 bits per heavy atom. The van der Waals surface area contributed by atoms with Gasteiger partial charge in [-0.25, -0.2) is 0 Å². The highest BCUT2D eigenvalue weighted by atomic mass is 79.9. The van der Waals surface area contributed by atoms with Crippen molar-refractivity contribution in [1.82, 2.24) is 0 Å². The van der Waals surface area contributed by atoms with Crippen LogP contribution in [0.25, 0.3) is 0 Å². The summed E-state index contributed by atoms with van der Waals surface area (Å²) in [6.07, 6.45) is 0. The molecule has 0 aromatic heterocycles. The van der Waals surface area contributed by atoms with Crippen molar-refractivity contribution in [3.63, 3.8) is 0 Å². The Labute approximate surface area is 118 Å². The smallest absolute Gasteiger partial charge is 0.0489 e. The molecule has 0 bridgehead atoms. The van der Waals surface area contributed by atoms with Crippen LogP contribution in [0.3, 0.4) is 0 Å². The summed E-state index contributed by atoms with van der Waals surface area (Å²) < 4.78 is 12.9. The molecule has 0 saturated carbocycles. The van der Waals surface area contributed by atoms with Gasteiger partial charge in [0.25, 0.3) is 0 Å². The third-order valence-electron chi connectivity index (χ3n) is 2.56. The van der Waals surface area contributed by atoms with E-state index in [0.717, 1.165) is 15.6 Å². The Morgan fingerprint density at radius 2 is 1.67 bits per heavy atom. The SMILES string of the molecule is Nc1cc(CS(=O)Cc2ccccc2)ccc1Br. The molecule has 2 aromatic carbocycles. The molecular weight excluding hydrogens is 310 g/mol. The summed E-state index contributed by atoms with van der Waals surface area (Å²) in [5.74, 6) is 1.11. The van der Waals surface area contributed by atoms with Crippen LogP contribution in [0.15, 0.2) is 53.0 Å². The van der Waals surface area contributed by atoms with E-state index >= 15 is 0 Å². The Morgan fingerprint density at radius 1 is 1.00 bits per heavy atom. The third-order valence-corrected chi connectivity index (χ3v) is 4.59. The van der Waals surface area contributed by atoms with Crippen LogP contribution < -0.4 is 5.73 Å². The quantitative estimate of drug-likeness (QED) is 0.875. The first-order chi connectivity index (χ1) is 8.65. The van der Waals surface area contributed by atoms with Crippen LogP contribution in [0.1, 0.15) is 11.1 Å². The van der Waals surface area contributed by atoms with Gasteiger partial charge in [-0.3, -0.25) is 4.21 Å². The fourth-order valence-electron chi connectivity index (χ4n) is 1.68. The van der Waals surface area contributed by atoms with Gasteiger partial charge in [-0.15, -0.1) is 0 Å². The van der Waals surface area contributed by atoms with Crippen LogP contribution in [0, 0.1) is 0 Å². The van der Waals surface area contributed by atoms with E-state index in [4.69, 9.17) is 5.73 Å². The number of hydrogen-bond acceptors (Lipinski definition) is 2. The van der Waals surface area contributed by atoms with Crippen molar-refractivity contribution in [3.05, 3.63) is 64.1 Å². The van der Waals surface area contributed by atoms with E-state index in [1.165, 1.54) is 0 Å². The molecule has 0 aliphatic rings. The molecule has 18 heavy (non-hydrogen) atoms. The van der Waals surface area contributed by atoms with Gasteiger partial charge in [0.15, 0.2) is 0 Å². The summed E-state index contributed by atoms with van der Waals surface area (Å²) in [6.45, 7) is 0. The van der Waals surface area contributed by atoms with Gasteiger partial charge >= 0.3 is 0 Å². The minimum Gasteiger partial charge on any atom is -0.398 e. The first kappa shape index (κ1) is 13.3. The van der Waals surface area contributed by atoms with Gasteiger partial charge in [-0.1, -0.05) is 36.4 Å². The van der Waals surface area contributed by atoms with Crippen molar-refractivity contribution >= 4 is 32.4 Å². The molecule has 1 atom stereocenters. The molecule has 2 N–H and O–H groups in total. The lowest BCUT2D eigenvalue weighted by Gasteiger charge is -2.05. The summed E-state index contributed by atoms with van der Waals surface area (Å²) in [6, 6.07) is 15.6. The van der Waals surface area contributed by atoms with Gasteiger partial charge in [-0.05, 0) is 39.2 Å². The monoisotopic (exact) mass is 323 g/mol. The maximum absolute atomic E-state index is 12.0. The first-order valence-corrected chi connectivity index (χ1v) is 7.86. The number of halogens is 1. The number of nitrogens with two attached hydrogens (primary N) is 1. The topological polar surface area (TPSA) is 43.1 Å². The fourth-order valence-corrected chi connectivity index (χ4v) is 3.14. The maximum Gasteiger partial charge on any atom is 0.0489 e. The van der Waals surface area contributed by atoms with Gasteiger partial charge in [0.1, 0.15) is 0 Å². The van der Waals surface area contributed by atoms with Gasteiger partial charge < -0.3 is 5.73 Å². The number of benzene rings is 2. The highest BCUT2D eigenvalue weighted by Gasteiger charge is 2.05. The zero-order chi connectivity index (χ0) is 13.0. The standard InChI is InChI=1S/C14H14BrNOS/c15-13-7-6-12(8-14(13)16)10-18(17)9-11-4-2-1-3-5-11/h1-8H,9-10,16H2. The Balaban J connectivity index is 2.01. The molecule has 0 radical (unpaired) electrons. The molecule has 0 spiro atoms. The Bertz CT molecular complexity index is 557. The predicted molar refractivity (Wildman–Crippen MR) is 80.5 cm³/mol. The van der Waals surface area contributed by atoms with Gasteiger partial charge in [-0.2, -0.15) is 0 Å². The first-order valence-electron chi connectivity index (χ1n) is 5.58. The third kappa shape index (κ3) is 3.68. The highest BCUT2D eigenvalue weighted by Crippen LogP contribution is 2.21. The zero-order valence-corrected chi connectivity index (χ0v) is 12.2. The summed E-state index contributed by atoms with van der Waals surface area (Å²) in [5, 5.41) is 0. The molecular formula is C14H14BrNOS. The molecule has 4 heteroatoms. The summed E-state index contributed by atoms with van der Waals surface area (Å²) in [4.78, 5) is 0. The van der Waals surface area contributed by atoms with Crippen molar-refractivity contribution in [2.45, 2.75) is 11.5 Å². The van der Waals surface area contributed by atoms with Crippen LogP contribution in [-0.2, 0) is 22.3 Å². The van der Waals surface area contributed by atoms with E-state index in [1.54, 1.807) is 0 Å². The van der Waals surface area contributed by atoms with Crippen LogP contribution in [-0.4, -0.2) is 4.21 Å². The average molecular weight is 324 g/mol. The molecule has 2 rings (SSSR count). The largest absolute Gasteiger partial charge is 0.398 e. The molecule has 0 amide bonds. The van der Waals surface area contributed by atoms with Crippen molar-refractivity contribution in [2.75, 3.05) is 5.73 Å². The van der Waals surface area contributed by atoms with Crippen LogP contribution in [0.2, 0.25) is 0 Å². The van der Waals surface area contributed by atoms with Crippen LogP contribution in [0.5, 0.6) is 0 Å². The van der Waals surface area contributed by atoms with Crippen molar-refractivity contribution in [2.24, 2.45) is 0 Å². The lowest BCUT2D eigenvalue weighted by atomic mass is 10.2. The van der Waals surface area contributed by atoms with Crippen molar-refractivity contribution in [3.8, 4) is 0 Å². The van der Waals surface area contributed by atoms with E-state index in [-0.39, 0.29) is 0 Å². The van der Waals surface area contributed by atoms with E-state index in [0.29, 0.717) is 17.2 Å². The summed E-state index contributed by atoms with van der Waals surface area (Å²) >= 11 is 3.35. The molecule has 0 saturated heterocycles. The second-order valence-electron chi connectivity index (χ2n) is 4.07. The molecule has 1 unspecified atom stereocenters.